The third-order valence-corrected chi connectivity index (χ3v) is 4.50. The molecular formula is C12H14Cl2N2O3. The first-order chi connectivity index (χ1) is 8.73. The van der Waals surface area contributed by atoms with E-state index >= 15 is 0 Å². The van der Waals surface area contributed by atoms with Gasteiger partial charge in [0.25, 0.3) is 5.69 Å². The van der Waals surface area contributed by atoms with Crippen molar-refractivity contribution in [2.75, 3.05) is 5.32 Å². The molecule has 0 radical (unpaired) electrons. The summed E-state index contributed by atoms with van der Waals surface area (Å²) in [5, 5.41) is 24.2. The number of nitrogens with zero attached hydrogens (tertiary/aromatic N) is 1. The Balaban J connectivity index is 2.30. The second kappa shape index (κ2) is 4.81. The standard InChI is InChI=1S/C12H14Cl2N2O3/c1-12(2)10(5-11(12)17)15-8-3-6(13)7(14)4-9(8)16(18)19/h3-4,10-11,15,17H,5H2,1-2H3. The molecule has 5 nitrogen and oxygen atoms in total. The van der Waals surface area contributed by atoms with E-state index in [-0.39, 0.29) is 27.2 Å². The fourth-order valence-electron chi connectivity index (χ4n) is 2.14. The molecule has 0 heterocycles. The predicted octanol–water partition coefficient (Wildman–Crippen LogP) is 3.47. The molecule has 7 heteroatoms. The van der Waals surface area contributed by atoms with Crippen molar-refractivity contribution in [1.29, 1.82) is 0 Å². The summed E-state index contributed by atoms with van der Waals surface area (Å²) in [5.41, 5.74) is -0.129. The van der Waals surface area contributed by atoms with Crippen molar-refractivity contribution in [2.45, 2.75) is 32.4 Å². The number of nitrogens with one attached hydrogen (secondary N) is 1. The monoisotopic (exact) mass is 304 g/mol. The summed E-state index contributed by atoms with van der Waals surface area (Å²) >= 11 is 11.7. The first-order valence-corrected chi connectivity index (χ1v) is 6.57. The molecule has 1 saturated carbocycles. The van der Waals surface area contributed by atoms with Gasteiger partial charge in [0.05, 0.1) is 21.1 Å². The van der Waals surface area contributed by atoms with Crippen molar-refractivity contribution in [3.05, 3.63) is 32.3 Å². The number of benzene rings is 1. The Labute approximate surface area is 120 Å². The number of halogens is 2. The molecule has 0 spiro atoms. The van der Waals surface area contributed by atoms with Crippen LogP contribution in [0.1, 0.15) is 20.3 Å². The smallest absolute Gasteiger partial charge is 0.293 e. The van der Waals surface area contributed by atoms with Crippen molar-refractivity contribution in [2.24, 2.45) is 5.41 Å². The van der Waals surface area contributed by atoms with Crippen LogP contribution >= 0.6 is 23.2 Å². The fourth-order valence-corrected chi connectivity index (χ4v) is 2.46. The Morgan fingerprint density at radius 1 is 1.42 bits per heavy atom. The van der Waals surface area contributed by atoms with Gasteiger partial charge in [-0.3, -0.25) is 10.1 Å². The number of nitro benzene ring substituents is 1. The number of nitro groups is 1. The summed E-state index contributed by atoms with van der Waals surface area (Å²) in [5.74, 6) is 0. The van der Waals surface area contributed by atoms with Gasteiger partial charge >= 0.3 is 0 Å². The topological polar surface area (TPSA) is 75.4 Å². The summed E-state index contributed by atoms with van der Waals surface area (Å²) < 4.78 is 0. The van der Waals surface area contributed by atoms with Gasteiger partial charge in [0.2, 0.25) is 0 Å². The number of aliphatic hydroxyl groups excluding tert-OH is 1. The van der Waals surface area contributed by atoms with Crippen molar-refractivity contribution in [1.82, 2.24) is 0 Å². The average Bonchev–Trinajstić information content (AvgIpc) is 2.32. The summed E-state index contributed by atoms with van der Waals surface area (Å²) in [4.78, 5) is 10.5. The van der Waals surface area contributed by atoms with E-state index in [0.29, 0.717) is 12.1 Å². The summed E-state index contributed by atoms with van der Waals surface area (Å²) in [6.07, 6.45) is 0.136. The molecule has 1 aliphatic rings. The lowest BCUT2D eigenvalue weighted by Gasteiger charge is -2.49. The van der Waals surface area contributed by atoms with E-state index in [0.717, 1.165) is 0 Å². The van der Waals surface area contributed by atoms with Crippen LogP contribution in [0.4, 0.5) is 11.4 Å². The molecule has 2 atom stereocenters. The minimum atomic E-state index is -0.507. The van der Waals surface area contributed by atoms with E-state index in [2.05, 4.69) is 5.32 Å². The maximum atomic E-state index is 11.0. The molecule has 1 fully saturated rings. The molecule has 1 aromatic carbocycles. The normalized spacial score (nSPS) is 24.7. The maximum absolute atomic E-state index is 11.0. The van der Waals surface area contributed by atoms with Crippen molar-refractivity contribution in [3.8, 4) is 0 Å². The highest BCUT2D eigenvalue weighted by molar-refractivity contribution is 6.42. The van der Waals surface area contributed by atoms with Crippen LogP contribution in [-0.2, 0) is 0 Å². The highest BCUT2D eigenvalue weighted by atomic mass is 35.5. The van der Waals surface area contributed by atoms with Crippen LogP contribution in [0.3, 0.4) is 0 Å². The molecule has 2 unspecified atom stereocenters. The van der Waals surface area contributed by atoms with E-state index < -0.39 is 11.0 Å². The van der Waals surface area contributed by atoms with Crippen LogP contribution in [0.5, 0.6) is 0 Å². The third-order valence-electron chi connectivity index (χ3n) is 3.78. The quantitative estimate of drug-likeness (QED) is 0.662. The van der Waals surface area contributed by atoms with Crippen LogP contribution < -0.4 is 5.32 Å². The fraction of sp³-hybridized carbons (Fsp3) is 0.500. The molecule has 2 N–H and O–H groups in total. The van der Waals surface area contributed by atoms with Gasteiger partial charge in [0.15, 0.2) is 0 Å². The van der Waals surface area contributed by atoms with Gasteiger partial charge in [-0.15, -0.1) is 0 Å². The Morgan fingerprint density at radius 3 is 2.47 bits per heavy atom. The van der Waals surface area contributed by atoms with Crippen LogP contribution in [0.15, 0.2) is 12.1 Å². The summed E-state index contributed by atoms with van der Waals surface area (Å²) in [7, 11) is 0. The minimum Gasteiger partial charge on any atom is -0.392 e. The Bertz CT molecular complexity index is 534. The third kappa shape index (κ3) is 2.50. The van der Waals surface area contributed by atoms with Crippen molar-refractivity contribution < 1.29 is 10.0 Å². The zero-order valence-corrected chi connectivity index (χ0v) is 12.0. The molecule has 0 aromatic heterocycles. The lowest BCUT2D eigenvalue weighted by atomic mass is 9.64. The number of hydrogen-bond acceptors (Lipinski definition) is 4. The van der Waals surface area contributed by atoms with E-state index in [1.165, 1.54) is 12.1 Å². The second-order valence-electron chi connectivity index (χ2n) is 5.31. The zero-order chi connectivity index (χ0) is 14.4. The molecule has 1 aliphatic carbocycles. The molecule has 19 heavy (non-hydrogen) atoms. The molecule has 104 valence electrons. The van der Waals surface area contributed by atoms with Gasteiger partial charge in [0.1, 0.15) is 5.69 Å². The van der Waals surface area contributed by atoms with E-state index in [4.69, 9.17) is 23.2 Å². The molecule has 0 saturated heterocycles. The van der Waals surface area contributed by atoms with Crippen LogP contribution in [0.2, 0.25) is 10.0 Å². The van der Waals surface area contributed by atoms with Crippen molar-refractivity contribution in [3.63, 3.8) is 0 Å². The Kier molecular flexibility index (Phi) is 3.64. The summed E-state index contributed by atoms with van der Waals surface area (Å²) in [6.45, 7) is 3.81. The Morgan fingerprint density at radius 2 is 2.00 bits per heavy atom. The van der Waals surface area contributed by atoms with Crippen molar-refractivity contribution >= 4 is 34.6 Å². The number of aliphatic hydroxyl groups is 1. The highest BCUT2D eigenvalue weighted by Crippen LogP contribution is 2.44. The zero-order valence-electron chi connectivity index (χ0n) is 10.5. The van der Waals surface area contributed by atoms with Crippen LogP contribution in [0, 0.1) is 15.5 Å². The molecule has 2 rings (SSSR count). The number of anilines is 1. The lowest BCUT2D eigenvalue weighted by molar-refractivity contribution is -0.384. The molecule has 0 aliphatic heterocycles. The van der Waals surface area contributed by atoms with E-state index in [1.54, 1.807) is 0 Å². The number of hydrogen-bond donors (Lipinski definition) is 2. The lowest BCUT2D eigenvalue weighted by Crippen LogP contribution is -2.56. The minimum absolute atomic E-state index is 0.0431. The largest absolute Gasteiger partial charge is 0.392 e. The number of rotatable bonds is 3. The molecule has 0 bridgehead atoms. The first kappa shape index (κ1) is 14.4. The molecule has 1 aromatic rings. The van der Waals surface area contributed by atoms with E-state index in [9.17, 15) is 15.2 Å². The highest BCUT2D eigenvalue weighted by Gasteiger charge is 2.47. The van der Waals surface area contributed by atoms with Gasteiger partial charge in [-0.25, -0.2) is 0 Å². The second-order valence-corrected chi connectivity index (χ2v) is 6.12. The molecule has 0 amide bonds. The van der Waals surface area contributed by atoms with Gasteiger partial charge in [0, 0.05) is 17.5 Å². The van der Waals surface area contributed by atoms with E-state index in [1.807, 2.05) is 13.8 Å². The van der Waals surface area contributed by atoms with Crippen LogP contribution in [-0.4, -0.2) is 22.2 Å². The Hall–Kier alpha value is -1.04. The first-order valence-electron chi connectivity index (χ1n) is 5.81. The van der Waals surface area contributed by atoms with Crippen LogP contribution in [0.25, 0.3) is 0 Å². The SMILES string of the molecule is CC1(C)C(O)CC1Nc1cc(Cl)c(Cl)cc1[N+](=O)[O-]. The van der Waals surface area contributed by atoms with Gasteiger partial charge in [-0.2, -0.15) is 0 Å². The predicted molar refractivity (Wildman–Crippen MR) is 74.9 cm³/mol. The van der Waals surface area contributed by atoms with Gasteiger partial charge in [-0.1, -0.05) is 37.0 Å². The maximum Gasteiger partial charge on any atom is 0.293 e. The molecular weight excluding hydrogens is 291 g/mol. The van der Waals surface area contributed by atoms with Gasteiger partial charge in [-0.05, 0) is 12.5 Å². The van der Waals surface area contributed by atoms with Gasteiger partial charge < -0.3 is 10.4 Å². The average molecular weight is 305 g/mol. The summed E-state index contributed by atoms with van der Waals surface area (Å²) in [6, 6.07) is 2.63.